The summed E-state index contributed by atoms with van der Waals surface area (Å²) in [6.45, 7) is -0.606. The van der Waals surface area contributed by atoms with Crippen LogP contribution in [0.5, 0.6) is 5.75 Å². The van der Waals surface area contributed by atoms with Crippen molar-refractivity contribution in [3.63, 3.8) is 0 Å². The van der Waals surface area contributed by atoms with Gasteiger partial charge in [-0.05, 0) is 23.8 Å². The summed E-state index contributed by atoms with van der Waals surface area (Å²) in [5.74, 6) is -3.38. The number of aliphatic hydroxyl groups is 4. The SMILES string of the molecule is O=C(O)CC(NC(=O)c1ccc(-c2ccccc2OC2OC(CO)C(O)C(O)C2O)cc1)C(=O)O. The molecular formula is C23H25NO11. The van der Waals surface area contributed by atoms with Crippen LogP contribution in [0.1, 0.15) is 16.8 Å². The number of rotatable bonds is 9. The van der Waals surface area contributed by atoms with Crippen molar-refractivity contribution in [3.05, 3.63) is 54.1 Å². The number of hydrogen-bond acceptors (Lipinski definition) is 9. The fraction of sp³-hybridized carbons (Fsp3) is 0.348. The first-order chi connectivity index (χ1) is 16.6. The first-order valence-electron chi connectivity index (χ1n) is 10.5. The Kier molecular flexibility index (Phi) is 8.38. The van der Waals surface area contributed by atoms with Gasteiger partial charge in [0.1, 0.15) is 36.2 Å². The number of ether oxygens (including phenoxy) is 2. The van der Waals surface area contributed by atoms with Crippen molar-refractivity contribution in [1.29, 1.82) is 0 Å². The van der Waals surface area contributed by atoms with E-state index in [-0.39, 0.29) is 11.3 Å². The van der Waals surface area contributed by atoms with Gasteiger partial charge >= 0.3 is 11.9 Å². The average molecular weight is 491 g/mol. The molecule has 2 aromatic rings. The Morgan fingerprint density at radius 2 is 1.60 bits per heavy atom. The molecule has 0 spiro atoms. The van der Waals surface area contributed by atoms with Crippen LogP contribution >= 0.6 is 0 Å². The van der Waals surface area contributed by atoms with Gasteiger partial charge in [-0.15, -0.1) is 0 Å². The summed E-state index contributed by atoms with van der Waals surface area (Å²) in [4.78, 5) is 34.4. The molecule has 1 heterocycles. The number of aliphatic hydroxyl groups excluding tert-OH is 4. The Morgan fingerprint density at radius 3 is 2.20 bits per heavy atom. The van der Waals surface area contributed by atoms with Crippen molar-refractivity contribution in [2.24, 2.45) is 0 Å². The first-order valence-corrected chi connectivity index (χ1v) is 10.5. The van der Waals surface area contributed by atoms with Crippen LogP contribution < -0.4 is 10.1 Å². The van der Waals surface area contributed by atoms with Crippen LogP contribution in [0.2, 0.25) is 0 Å². The topological polar surface area (TPSA) is 203 Å². The largest absolute Gasteiger partial charge is 0.481 e. The molecule has 1 fully saturated rings. The summed E-state index contributed by atoms with van der Waals surface area (Å²) >= 11 is 0. The van der Waals surface area contributed by atoms with E-state index < -0.39 is 67.6 Å². The number of para-hydroxylation sites is 1. The molecule has 12 heteroatoms. The highest BCUT2D eigenvalue weighted by atomic mass is 16.7. The zero-order valence-electron chi connectivity index (χ0n) is 18.2. The van der Waals surface area contributed by atoms with E-state index in [9.17, 15) is 34.8 Å². The van der Waals surface area contributed by atoms with E-state index in [1.807, 2.05) is 0 Å². The average Bonchev–Trinajstić information content (AvgIpc) is 2.84. The van der Waals surface area contributed by atoms with Gasteiger partial charge in [0.05, 0.1) is 13.0 Å². The molecule has 0 aromatic heterocycles. The molecule has 1 aliphatic rings. The normalized spacial score (nSPS) is 24.9. The predicted molar refractivity (Wildman–Crippen MR) is 117 cm³/mol. The molecule has 1 amide bonds. The molecule has 0 saturated carbocycles. The summed E-state index contributed by atoms with van der Waals surface area (Å²) < 4.78 is 11.1. The zero-order chi connectivity index (χ0) is 25.7. The molecule has 0 aliphatic carbocycles. The highest BCUT2D eigenvalue weighted by molar-refractivity contribution is 5.97. The number of carbonyl (C=O) groups is 3. The Morgan fingerprint density at radius 1 is 0.943 bits per heavy atom. The lowest BCUT2D eigenvalue weighted by molar-refractivity contribution is -0.277. The molecular weight excluding hydrogens is 466 g/mol. The van der Waals surface area contributed by atoms with Gasteiger partial charge < -0.3 is 45.4 Å². The van der Waals surface area contributed by atoms with E-state index in [4.69, 9.17) is 19.7 Å². The number of aliphatic carboxylic acids is 2. The maximum Gasteiger partial charge on any atom is 0.326 e. The fourth-order valence-corrected chi connectivity index (χ4v) is 3.52. The second kappa shape index (κ2) is 11.3. The molecule has 1 saturated heterocycles. The minimum absolute atomic E-state index is 0.0951. The lowest BCUT2D eigenvalue weighted by Gasteiger charge is -2.39. The summed E-state index contributed by atoms with van der Waals surface area (Å²) in [6, 6.07) is 11.0. The maximum absolute atomic E-state index is 12.4. The van der Waals surface area contributed by atoms with Crippen LogP contribution in [0.25, 0.3) is 11.1 Å². The van der Waals surface area contributed by atoms with Crippen LogP contribution in [0.15, 0.2) is 48.5 Å². The Hall–Kier alpha value is -3.55. The number of nitrogens with one attached hydrogen (secondary N) is 1. The van der Waals surface area contributed by atoms with Gasteiger partial charge in [-0.3, -0.25) is 9.59 Å². The quantitative estimate of drug-likeness (QED) is 0.231. The lowest BCUT2D eigenvalue weighted by atomic mass is 9.99. The van der Waals surface area contributed by atoms with E-state index in [1.165, 1.54) is 12.1 Å². The molecule has 0 bridgehead atoms. The first kappa shape index (κ1) is 26.1. The number of benzene rings is 2. The van der Waals surface area contributed by atoms with Gasteiger partial charge in [0, 0.05) is 11.1 Å². The second-order valence-corrected chi connectivity index (χ2v) is 7.85. The van der Waals surface area contributed by atoms with Gasteiger partial charge in [-0.1, -0.05) is 30.3 Å². The Labute approximate surface area is 199 Å². The van der Waals surface area contributed by atoms with E-state index in [0.717, 1.165) is 0 Å². The summed E-state index contributed by atoms with van der Waals surface area (Å²) in [5.41, 5.74) is 1.19. The minimum Gasteiger partial charge on any atom is -0.481 e. The van der Waals surface area contributed by atoms with Gasteiger partial charge in [0.15, 0.2) is 0 Å². The highest BCUT2D eigenvalue weighted by Crippen LogP contribution is 2.33. The number of amides is 1. The molecule has 188 valence electrons. The predicted octanol–water partition coefficient (Wildman–Crippen LogP) is -0.810. The van der Waals surface area contributed by atoms with E-state index in [1.54, 1.807) is 36.4 Å². The number of carbonyl (C=O) groups excluding carboxylic acids is 1. The fourth-order valence-electron chi connectivity index (χ4n) is 3.52. The molecule has 12 nitrogen and oxygen atoms in total. The summed E-state index contributed by atoms with van der Waals surface area (Å²) in [7, 11) is 0. The monoisotopic (exact) mass is 491 g/mol. The second-order valence-electron chi connectivity index (χ2n) is 7.85. The number of hydrogen-bond donors (Lipinski definition) is 7. The van der Waals surface area contributed by atoms with Crippen molar-refractivity contribution in [2.75, 3.05) is 6.61 Å². The van der Waals surface area contributed by atoms with E-state index in [2.05, 4.69) is 5.32 Å². The summed E-state index contributed by atoms with van der Waals surface area (Å²) in [5, 5.41) is 59.6. The standard InChI is InChI=1S/C23H25NO11/c25-10-16-18(28)19(29)20(30)23(35-16)34-15-4-2-1-3-13(15)11-5-7-12(8-6-11)21(31)24-14(22(32)33)9-17(26)27/h1-8,14,16,18-20,23,25,28-30H,9-10H2,(H,24,31)(H,26,27)(H,32,33). The van der Waals surface area contributed by atoms with Crippen molar-refractivity contribution >= 4 is 17.8 Å². The number of carboxylic acid groups (broad SMARTS) is 2. The molecule has 2 aromatic carbocycles. The molecule has 6 atom stereocenters. The zero-order valence-corrected chi connectivity index (χ0v) is 18.2. The van der Waals surface area contributed by atoms with Crippen LogP contribution in [-0.2, 0) is 14.3 Å². The van der Waals surface area contributed by atoms with Gasteiger partial charge in [-0.25, -0.2) is 4.79 Å². The van der Waals surface area contributed by atoms with Crippen molar-refractivity contribution in [3.8, 4) is 16.9 Å². The van der Waals surface area contributed by atoms with Gasteiger partial charge in [0.25, 0.3) is 5.91 Å². The Balaban J connectivity index is 1.78. The maximum atomic E-state index is 12.4. The minimum atomic E-state index is -1.60. The molecule has 1 aliphatic heterocycles. The highest BCUT2D eigenvalue weighted by Gasteiger charge is 2.44. The molecule has 3 rings (SSSR count). The van der Waals surface area contributed by atoms with Crippen LogP contribution in [0.3, 0.4) is 0 Å². The van der Waals surface area contributed by atoms with Gasteiger partial charge in [-0.2, -0.15) is 0 Å². The van der Waals surface area contributed by atoms with E-state index in [0.29, 0.717) is 11.1 Å². The third-order valence-corrected chi connectivity index (χ3v) is 5.42. The van der Waals surface area contributed by atoms with E-state index >= 15 is 0 Å². The summed E-state index contributed by atoms with van der Waals surface area (Å²) in [6.07, 6.45) is -8.04. The Bertz CT molecular complexity index is 1060. The molecule has 6 unspecified atom stereocenters. The lowest BCUT2D eigenvalue weighted by Crippen LogP contribution is -2.60. The van der Waals surface area contributed by atoms with Crippen molar-refractivity contribution in [2.45, 2.75) is 43.2 Å². The van der Waals surface area contributed by atoms with Crippen LogP contribution in [-0.4, -0.2) is 91.8 Å². The smallest absolute Gasteiger partial charge is 0.326 e. The molecule has 7 N–H and O–H groups in total. The van der Waals surface area contributed by atoms with Crippen LogP contribution in [0.4, 0.5) is 0 Å². The third kappa shape index (κ3) is 6.12. The van der Waals surface area contributed by atoms with Crippen LogP contribution in [0, 0.1) is 0 Å². The number of carboxylic acids is 2. The molecule has 35 heavy (non-hydrogen) atoms. The van der Waals surface area contributed by atoms with Crippen molar-refractivity contribution in [1.82, 2.24) is 5.32 Å². The third-order valence-electron chi connectivity index (χ3n) is 5.42. The van der Waals surface area contributed by atoms with Gasteiger partial charge in [0.2, 0.25) is 6.29 Å². The molecule has 0 radical (unpaired) electrons. The van der Waals surface area contributed by atoms with Crippen molar-refractivity contribution < 1.29 is 54.5 Å².